The van der Waals surface area contributed by atoms with Crippen LogP contribution in [-0.2, 0) is 10.8 Å². The quantitative estimate of drug-likeness (QED) is 0.192. The molecule has 0 saturated carbocycles. The van der Waals surface area contributed by atoms with Crippen LogP contribution in [0.5, 0.6) is 0 Å². The maximum atomic E-state index is 10.2. The standard InChI is InChI=1S/C42H32BNO3/c1-41(2)29-15-7-5-11-23(29)25-19-21-32-35(37(25)41)36-33(22-20-26-24-12-6-8-16-30(24)42(3,4)38(26)36)44(32)34-18-10-14-28-27-13-9-17-31(43(45)46)39(27)47-40(28)34/h5-22,45-46H,1-4H3. The van der Waals surface area contributed by atoms with Crippen LogP contribution < -0.4 is 5.46 Å². The van der Waals surface area contributed by atoms with Crippen molar-refractivity contribution in [1.29, 1.82) is 0 Å². The van der Waals surface area contributed by atoms with E-state index in [-0.39, 0.29) is 10.8 Å². The van der Waals surface area contributed by atoms with E-state index in [1.807, 2.05) is 12.1 Å². The average Bonchev–Trinajstić information content (AvgIpc) is 3.75. The molecule has 5 heteroatoms. The minimum absolute atomic E-state index is 0.208. The summed E-state index contributed by atoms with van der Waals surface area (Å²) in [6.07, 6.45) is 0. The zero-order chi connectivity index (χ0) is 32.0. The van der Waals surface area contributed by atoms with Gasteiger partial charge in [-0.1, -0.05) is 119 Å². The first-order valence-corrected chi connectivity index (χ1v) is 16.3. The van der Waals surface area contributed by atoms with Gasteiger partial charge >= 0.3 is 7.12 Å². The summed E-state index contributed by atoms with van der Waals surface area (Å²) in [5, 5.41) is 24.8. The number of hydrogen-bond donors (Lipinski definition) is 2. The van der Waals surface area contributed by atoms with Crippen LogP contribution in [-0.4, -0.2) is 21.7 Å². The van der Waals surface area contributed by atoms with Crippen molar-refractivity contribution in [2.75, 3.05) is 0 Å². The second-order valence-electron chi connectivity index (χ2n) is 14.3. The van der Waals surface area contributed by atoms with E-state index >= 15 is 0 Å². The molecule has 0 bridgehead atoms. The zero-order valence-electron chi connectivity index (χ0n) is 26.7. The Hall–Kier alpha value is -5.10. The maximum absolute atomic E-state index is 10.2. The van der Waals surface area contributed by atoms with E-state index in [0.29, 0.717) is 11.0 Å². The van der Waals surface area contributed by atoms with E-state index in [1.54, 1.807) is 6.07 Å². The van der Waals surface area contributed by atoms with Crippen molar-refractivity contribution in [2.24, 2.45) is 0 Å². The van der Waals surface area contributed by atoms with Gasteiger partial charge in [-0.2, -0.15) is 0 Å². The molecule has 0 amide bonds. The highest BCUT2D eigenvalue weighted by atomic mass is 16.4. The van der Waals surface area contributed by atoms with Gasteiger partial charge in [0.1, 0.15) is 5.58 Å². The highest BCUT2D eigenvalue weighted by Gasteiger charge is 2.42. The lowest BCUT2D eigenvalue weighted by Crippen LogP contribution is -2.29. The predicted octanol–water partition coefficient (Wildman–Crippen LogP) is 8.98. The molecule has 8 aromatic rings. The molecule has 0 unspecified atom stereocenters. The Morgan fingerprint density at radius 2 is 1.04 bits per heavy atom. The number of fused-ring (bicyclic) bond motifs is 14. The van der Waals surface area contributed by atoms with Crippen molar-refractivity contribution >= 4 is 56.3 Å². The van der Waals surface area contributed by atoms with E-state index < -0.39 is 7.12 Å². The lowest BCUT2D eigenvalue weighted by atomic mass is 9.77. The fourth-order valence-corrected chi connectivity index (χ4v) is 9.20. The summed E-state index contributed by atoms with van der Waals surface area (Å²) in [4.78, 5) is 0. The fourth-order valence-electron chi connectivity index (χ4n) is 9.20. The van der Waals surface area contributed by atoms with Crippen molar-refractivity contribution in [3.63, 3.8) is 0 Å². The summed E-state index contributed by atoms with van der Waals surface area (Å²) in [6, 6.07) is 38.7. The molecule has 10 rings (SSSR count). The number of aromatic nitrogens is 1. The summed E-state index contributed by atoms with van der Waals surface area (Å²) < 4.78 is 9.00. The van der Waals surface area contributed by atoms with E-state index in [1.165, 1.54) is 55.3 Å². The highest BCUT2D eigenvalue weighted by Crippen LogP contribution is 2.58. The molecule has 0 spiro atoms. The van der Waals surface area contributed by atoms with Gasteiger partial charge in [0.15, 0.2) is 5.58 Å². The molecule has 0 saturated heterocycles. The summed E-state index contributed by atoms with van der Waals surface area (Å²) in [6.45, 7) is 9.46. The largest absolute Gasteiger partial charge is 0.492 e. The van der Waals surface area contributed by atoms with Crippen LogP contribution in [0.15, 0.2) is 114 Å². The summed E-state index contributed by atoms with van der Waals surface area (Å²) in [5.74, 6) is 0. The van der Waals surface area contributed by atoms with E-state index in [0.717, 1.165) is 33.1 Å². The van der Waals surface area contributed by atoms with Crippen LogP contribution in [0, 0.1) is 0 Å². The minimum Gasteiger partial charge on any atom is -0.454 e. The Morgan fingerprint density at radius 1 is 0.532 bits per heavy atom. The normalized spacial score (nSPS) is 15.4. The molecular weight excluding hydrogens is 577 g/mol. The zero-order valence-corrected chi connectivity index (χ0v) is 26.7. The number of benzene rings is 6. The van der Waals surface area contributed by atoms with Gasteiger partial charge in [0.05, 0.1) is 16.7 Å². The molecule has 0 radical (unpaired) electrons. The van der Waals surface area contributed by atoms with E-state index in [2.05, 4.69) is 123 Å². The monoisotopic (exact) mass is 609 g/mol. The van der Waals surface area contributed by atoms with Crippen LogP contribution >= 0.6 is 0 Å². The molecule has 2 N–H and O–H groups in total. The van der Waals surface area contributed by atoms with Gasteiger partial charge in [-0.25, -0.2) is 0 Å². The number of nitrogens with zero attached hydrogens (tertiary/aromatic N) is 1. The Labute approximate surface area is 272 Å². The SMILES string of the molecule is CC1(C)c2ccccc2-c2ccc3c(c21)c1c2c(ccc1n3-c1cccc3c1oc1c(B(O)O)cccc13)-c1ccccc1C2(C)C. The van der Waals surface area contributed by atoms with Gasteiger partial charge in [0, 0.05) is 37.8 Å². The maximum Gasteiger partial charge on any atom is 0.492 e. The first-order chi connectivity index (χ1) is 22.7. The van der Waals surface area contributed by atoms with Crippen LogP contribution in [0.4, 0.5) is 0 Å². The number of furan rings is 1. The Morgan fingerprint density at radius 3 is 1.60 bits per heavy atom. The smallest absolute Gasteiger partial charge is 0.454 e. The molecule has 0 atom stereocenters. The summed E-state index contributed by atoms with van der Waals surface area (Å²) in [7, 11) is -1.63. The summed E-state index contributed by atoms with van der Waals surface area (Å²) >= 11 is 0. The molecule has 2 aliphatic carbocycles. The van der Waals surface area contributed by atoms with Gasteiger partial charge < -0.3 is 19.0 Å². The van der Waals surface area contributed by atoms with E-state index in [4.69, 9.17) is 4.42 Å². The second-order valence-corrected chi connectivity index (χ2v) is 14.3. The van der Waals surface area contributed by atoms with Crippen molar-refractivity contribution in [1.82, 2.24) is 4.57 Å². The predicted molar refractivity (Wildman–Crippen MR) is 193 cm³/mol. The van der Waals surface area contributed by atoms with Gasteiger partial charge in [-0.05, 0) is 62.7 Å². The molecule has 47 heavy (non-hydrogen) atoms. The molecule has 4 nitrogen and oxygen atoms in total. The third-order valence-corrected chi connectivity index (χ3v) is 11.2. The van der Waals surface area contributed by atoms with Gasteiger partial charge in [0.2, 0.25) is 0 Å². The second kappa shape index (κ2) is 8.83. The minimum atomic E-state index is -1.63. The number of para-hydroxylation sites is 2. The fraction of sp³-hybridized carbons (Fsp3) is 0.143. The summed E-state index contributed by atoms with van der Waals surface area (Å²) in [5.41, 5.74) is 15.0. The third kappa shape index (κ3) is 3.21. The van der Waals surface area contributed by atoms with Gasteiger partial charge in [-0.15, -0.1) is 0 Å². The lowest BCUT2D eigenvalue weighted by molar-refractivity contribution is 0.425. The first-order valence-electron chi connectivity index (χ1n) is 16.3. The Bertz CT molecular complexity index is 2550. The average molecular weight is 610 g/mol. The molecule has 6 aromatic carbocycles. The van der Waals surface area contributed by atoms with Gasteiger partial charge in [-0.3, -0.25) is 0 Å². The first kappa shape index (κ1) is 27.1. The molecule has 2 aliphatic rings. The van der Waals surface area contributed by atoms with Crippen LogP contribution in [0.3, 0.4) is 0 Å². The molecule has 2 aromatic heterocycles. The molecule has 0 aliphatic heterocycles. The number of rotatable bonds is 2. The number of hydrogen-bond acceptors (Lipinski definition) is 3. The molecular formula is C42H32BNO3. The van der Waals surface area contributed by atoms with Crippen LogP contribution in [0.2, 0.25) is 0 Å². The highest BCUT2D eigenvalue weighted by molar-refractivity contribution is 6.61. The van der Waals surface area contributed by atoms with Crippen molar-refractivity contribution in [2.45, 2.75) is 38.5 Å². The third-order valence-electron chi connectivity index (χ3n) is 11.2. The van der Waals surface area contributed by atoms with Crippen LogP contribution in [0.25, 0.3) is 71.7 Å². The Kier molecular flexibility index (Phi) is 5.08. The van der Waals surface area contributed by atoms with Crippen molar-refractivity contribution < 1.29 is 14.5 Å². The Balaban J connectivity index is 1.41. The topological polar surface area (TPSA) is 58.5 Å². The molecule has 226 valence electrons. The molecule has 0 fully saturated rings. The lowest BCUT2D eigenvalue weighted by Gasteiger charge is -2.25. The molecule has 2 heterocycles. The van der Waals surface area contributed by atoms with E-state index in [9.17, 15) is 10.0 Å². The van der Waals surface area contributed by atoms with Crippen LogP contribution in [0.1, 0.15) is 49.9 Å². The van der Waals surface area contributed by atoms with Crippen molar-refractivity contribution in [3.05, 3.63) is 131 Å². The van der Waals surface area contributed by atoms with Gasteiger partial charge in [0.25, 0.3) is 0 Å². The van der Waals surface area contributed by atoms with Crippen molar-refractivity contribution in [3.8, 4) is 27.9 Å².